The highest BCUT2D eigenvalue weighted by atomic mass is 32.1. The zero-order chi connectivity index (χ0) is 17.8. The average Bonchev–Trinajstić information content (AvgIpc) is 3.37. The maximum atomic E-state index is 9.55. The lowest BCUT2D eigenvalue weighted by atomic mass is 10.2. The van der Waals surface area contributed by atoms with Crippen LogP contribution in [0.4, 0.5) is 0 Å². The molecule has 7 heteroatoms. The van der Waals surface area contributed by atoms with Crippen molar-refractivity contribution in [1.29, 1.82) is 5.26 Å². The SMILES string of the molecule is N#CC(=Cc1csc(-c2ccccn2)n1)c1nc(-c2ccncc2)cs1. The maximum absolute atomic E-state index is 9.55. The van der Waals surface area contributed by atoms with E-state index in [0.29, 0.717) is 10.6 Å². The van der Waals surface area contributed by atoms with Gasteiger partial charge in [-0.2, -0.15) is 5.26 Å². The largest absolute Gasteiger partial charge is 0.265 e. The van der Waals surface area contributed by atoms with E-state index in [1.165, 1.54) is 22.7 Å². The first-order chi connectivity index (χ1) is 12.8. The monoisotopic (exact) mass is 373 g/mol. The number of thiazole rings is 2. The summed E-state index contributed by atoms with van der Waals surface area (Å²) in [5.41, 5.74) is 3.86. The van der Waals surface area contributed by atoms with Crippen molar-refractivity contribution in [2.75, 3.05) is 0 Å². The molecule has 0 unspecified atom stereocenters. The first-order valence-corrected chi connectivity index (χ1v) is 9.44. The fourth-order valence-corrected chi connectivity index (χ4v) is 3.85. The lowest BCUT2D eigenvalue weighted by molar-refractivity contribution is 1.28. The summed E-state index contributed by atoms with van der Waals surface area (Å²) in [6.45, 7) is 0. The molecule has 4 aromatic rings. The van der Waals surface area contributed by atoms with Crippen molar-refractivity contribution in [3.63, 3.8) is 0 Å². The molecular formula is C19H11N5S2. The van der Waals surface area contributed by atoms with E-state index in [9.17, 15) is 5.26 Å². The third-order valence-electron chi connectivity index (χ3n) is 3.53. The zero-order valence-corrected chi connectivity index (χ0v) is 15.0. The van der Waals surface area contributed by atoms with Crippen LogP contribution in [0, 0.1) is 11.3 Å². The summed E-state index contributed by atoms with van der Waals surface area (Å²) in [6, 6.07) is 11.7. The van der Waals surface area contributed by atoms with Crippen LogP contribution in [-0.4, -0.2) is 19.9 Å². The third kappa shape index (κ3) is 3.42. The molecule has 0 bridgehead atoms. The Morgan fingerprint density at radius 3 is 2.62 bits per heavy atom. The first kappa shape index (κ1) is 16.3. The molecule has 4 heterocycles. The van der Waals surface area contributed by atoms with Gasteiger partial charge in [-0.1, -0.05) is 6.07 Å². The molecule has 0 saturated heterocycles. The molecule has 0 amide bonds. The lowest BCUT2D eigenvalue weighted by Gasteiger charge is -1.95. The van der Waals surface area contributed by atoms with Crippen LogP contribution >= 0.6 is 22.7 Å². The number of pyridine rings is 2. The minimum Gasteiger partial charge on any atom is -0.265 e. The molecule has 5 nitrogen and oxygen atoms in total. The quantitative estimate of drug-likeness (QED) is 0.481. The summed E-state index contributed by atoms with van der Waals surface area (Å²) in [4.78, 5) is 17.4. The second-order valence-electron chi connectivity index (χ2n) is 5.24. The molecule has 124 valence electrons. The molecule has 0 N–H and O–H groups in total. The van der Waals surface area contributed by atoms with Gasteiger partial charge in [-0.15, -0.1) is 22.7 Å². The number of aromatic nitrogens is 4. The fourth-order valence-electron chi connectivity index (χ4n) is 2.30. The van der Waals surface area contributed by atoms with E-state index >= 15 is 0 Å². The standard InChI is InChI=1S/C19H11N5S2/c20-10-14(18-24-17(12-26-18)13-4-7-21-8-5-13)9-15-11-25-19(23-15)16-3-1-2-6-22-16/h1-9,11-12H. The predicted molar refractivity (Wildman–Crippen MR) is 104 cm³/mol. The minimum absolute atomic E-state index is 0.494. The molecule has 0 radical (unpaired) electrons. The second-order valence-corrected chi connectivity index (χ2v) is 6.95. The number of nitrogens with zero attached hydrogens (tertiary/aromatic N) is 5. The lowest BCUT2D eigenvalue weighted by Crippen LogP contribution is -1.84. The maximum Gasteiger partial charge on any atom is 0.142 e. The Hall–Kier alpha value is -3.21. The molecule has 0 atom stereocenters. The van der Waals surface area contributed by atoms with E-state index in [0.717, 1.165) is 27.7 Å². The first-order valence-electron chi connectivity index (χ1n) is 7.68. The molecule has 0 fully saturated rings. The molecule has 4 aromatic heterocycles. The Kier molecular flexibility index (Phi) is 4.60. The van der Waals surface area contributed by atoms with E-state index in [-0.39, 0.29) is 0 Å². The van der Waals surface area contributed by atoms with Crippen molar-refractivity contribution in [2.45, 2.75) is 0 Å². The average molecular weight is 373 g/mol. The Bertz CT molecular complexity index is 1090. The summed E-state index contributed by atoms with van der Waals surface area (Å²) >= 11 is 2.94. The summed E-state index contributed by atoms with van der Waals surface area (Å²) in [5.74, 6) is 0. The number of rotatable bonds is 4. The Balaban J connectivity index is 1.63. The molecule has 26 heavy (non-hydrogen) atoms. The van der Waals surface area contributed by atoms with Crippen LogP contribution in [0.25, 0.3) is 33.6 Å². The van der Waals surface area contributed by atoms with Crippen LogP contribution in [0.5, 0.6) is 0 Å². The number of hydrogen-bond donors (Lipinski definition) is 0. The zero-order valence-electron chi connectivity index (χ0n) is 13.4. The molecule has 0 spiro atoms. The van der Waals surface area contributed by atoms with Crippen molar-refractivity contribution in [1.82, 2.24) is 19.9 Å². The van der Waals surface area contributed by atoms with Crippen LogP contribution in [0.2, 0.25) is 0 Å². The van der Waals surface area contributed by atoms with Crippen molar-refractivity contribution in [2.24, 2.45) is 0 Å². The van der Waals surface area contributed by atoms with Gasteiger partial charge in [0.05, 0.1) is 22.7 Å². The van der Waals surface area contributed by atoms with Crippen molar-refractivity contribution < 1.29 is 0 Å². The molecule has 0 aliphatic heterocycles. The summed E-state index contributed by atoms with van der Waals surface area (Å²) in [6.07, 6.45) is 6.95. The van der Waals surface area contributed by atoms with Crippen LogP contribution in [-0.2, 0) is 0 Å². The van der Waals surface area contributed by atoms with Gasteiger partial charge in [0.15, 0.2) is 0 Å². The molecular weight excluding hydrogens is 362 g/mol. The van der Waals surface area contributed by atoms with E-state index in [1.54, 1.807) is 24.7 Å². The highest BCUT2D eigenvalue weighted by Crippen LogP contribution is 2.28. The van der Waals surface area contributed by atoms with Crippen LogP contribution < -0.4 is 0 Å². The third-order valence-corrected chi connectivity index (χ3v) is 5.29. The van der Waals surface area contributed by atoms with Crippen LogP contribution in [0.15, 0.2) is 59.7 Å². The predicted octanol–water partition coefficient (Wildman–Crippen LogP) is 4.79. The smallest absolute Gasteiger partial charge is 0.142 e. The molecule has 0 aromatic carbocycles. The Labute approximate surface area is 158 Å². The molecule has 0 aliphatic rings. The van der Waals surface area contributed by atoms with Crippen LogP contribution in [0.1, 0.15) is 10.7 Å². The van der Waals surface area contributed by atoms with Gasteiger partial charge < -0.3 is 0 Å². The molecule has 0 saturated carbocycles. The van der Waals surface area contributed by atoms with Gasteiger partial charge in [-0.05, 0) is 30.3 Å². The number of hydrogen-bond acceptors (Lipinski definition) is 7. The minimum atomic E-state index is 0.494. The van der Waals surface area contributed by atoms with Gasteiger partial charge in [0.1, 0.15) is 16.1 Å². The fraction of sp³-hybridized carbons (Fsp3) is 0. The summed E-state index contributed by atoms with van der Waals surface area (Å²) < 4.78 is 0. The number of nitriles is 1. The van der Waals surface area contributed by atoms with Crippen molar-refractivity contribution in [3.8, 4) is 28.0 Å². The summed E-state index contributed by atoms with van der Waals surface area (Å²) in [7, 11) is 0. The Morgan fingerprint density at radius 1 is 0.962 bits per heavy atom. The molecule has 0 aliphatic carbocycles. The van der Waals surface area contributed by atoms with Gasteiger partial charge in [0.2, 0.25) is 0 Å². The van der Waals surface area contributed by atoms with Gasteiger partial charge in [0, 0.05) is 34.9 Å². The Morgan fingerprint density at radius 2 is 1.85 bits per heavy atom. The van der Waals surface area contributed by atoms with Gasteiger partial charge >= 0.3 is 0 Å². The highest BCUT2D eigenvalue weighted by Gasteiger charge is 2.11. The van der Waals surface area contributed by atoms with Gasteiger partial charge in [0.25, 0.3) is 0 Å². The van der Waals surface area contributed by atoms with E-state index in [4.69, 9.17) is 0 Å². The topological polar surface area (TPSA) is 75.3 Å². The van der Waals surface area contributed by atoms with Gasteiger partial charge in [-0.3, -0.25) is 9.97 Å². The van der Waals surface area contributed by atoms with E-state index < -0.39 is 0 Å². The molecule has 4 rings (SSSR count). The van der Waals surface area contributed by atoms with Crippen LogP contribution in [0.3, 0.4) is 0 Å². The van der Waals surface area contributed by atoms with Crippen molar-refractivity contribution >= 4 is 34.3 Å². The second kappa shape index (κ2) is 7.35. The van der Waals surface area contributed by atoms with E-state index in [2.05, 4.69) is 26.0 Å². The van der Waals surface area contributed by atoms with E-state index in [1.807, 2.05) is 41.1 Å². The number of allylic oxidation sites excluding steroid dienone is 1. The van der Waals surface area contributed by atoms with Gasteiger partial charge in [-0.25, -0.2) is 9.97 Å². The normalized spacial score (nSPS) is 11.3. The highest BCUT2D eigenvalue weighted by molar-refractivity contribution is 7.13. The van der Waals surface area contributed by atoms with Crippen molar-refractivity contribution in [3.05, 3.63) is 70.4 Å². The summed E-state index contributed by atoms with van der Waals surface area (Å²) in [5, 5.41) is 14.9.